The summed E-state index contributed by atoms with van der Waals surface area (Å²) in [6.45, 7) is 3.89. The van der Waals surface area contributed by atoms with Crippen LogP contribution in [-0.4, -0.2) is 72.4 Å². The van der Waals surface area contributed by atoms with E-state index < -0.39 is 0 Å². The maximum atomic E-state index is 12.5. The lowest BCUT2D eigenvalue weighted by atomic mass is 10.1. The zero-order valence-electron chi connectivity index (χ0n) is 14.2. The Hall–Kier alpha value is -1.77. The summed E-state index contributed by atoms with van der Waals surface area (Å²) in [5, 5.41) is 0. The van der Waals surface area contributed by atoms with Gasteiger partial charge in [-0.3, -0.25) is 4.90 Å². The van der Waals surface area contributed by atoms with Crippen molar-refractivity contribution in [1.82, 2.24) is 14.9 Å². The van der Waals surface area contributed by atoms with Crippen LogP contribution < -0.4 is 15.4 Å². The average molecular weight is 349 g/mol. The van der Waals surface area contributed by atoms with Crippen LogP contribution in [0.3, 0.4) is 0 Å². The van der Waals surface area contributed by atoms with Gasteiger partial charge in [0.2, 0.25) is 5.95 Å². The number of piperazine rings is 1. The van der Waals surface area contributed by atoms with E-state index in [4.69, 9.17) is 15.2 Å². The molecule has 8 heteroatoms. The highest BCUT2D eigenvalue weighted by Gasteiger charge is 2.45. The van der Waals surface area contributed by atoms with Crippen molar-refractivity contribution in [3.8, 4) is 5.75 Å². The highest BCUT2D eigenvalue weighted by Crippen LogP contribution is 2.35. The fourth-order valence-corrected chi connectivity index (χ4v) is 3.95. The van der Waals surface area contributed by atoms with Crippen molar-refractivity contribution >= 4 is 5.95 Å². The number of fused-ring (bicyclic) bond motifs is 2. The molecule has 1 aromatic rings. The topological polar surface area (TPSA) is 76.7 Å². The molecule has 2 atom stereocenters. The van der Waals surface area contributed by atoms with E-state index in [2.05, 4.69) is 19.8 Å². The molecule has 0 aliphatic carbocycles. The lowest BCUT2D eigenvalue weighted by molar-refractivity contribution is -0.0851. The van der Waals surface area contributed by atoms with Crippen LogP contribution in [0.5, 0.6) is 5.75 Å². The van der Waals surface area contributed by atoms with Crippen molar-refractivity contribution in [3.05, 3.63) is 24.3 Å². The summed E-state index contributed by atoms with van der Waals surface area (Å²) < 4.78 is 23.3. The van der Waals surface area contributed by atoms with Gasteiger partial charge in [0, 0.05) is 37.3 Å². The van der Waals surface area contributed by atoms with E-state index in [0.29, 0.717) is 35.8 Å². The van der Waals surface area contributed by atoms with Crippen LogP contribution in [0.1, 0.15) is 12.8 Å². The monoisotopic (exact) mass is 349 g/mol. The zero-order chi connectivity index (χ0) is 17.2. The van der Waals surface area contributed by atoms with E-state index in [1.807, 2.05) is 0 Å². The third-order valence-electron chi connectivity index (χ3n) is 5.32. The van der Waals surface area contributed by atoms with Crippen LogP contribution in [0.2, 0.25) is 0 Å². The Morgan fingerprint density at radius 2 is 1.92 bits per heavy atom. The van der Waals surface area contributed by atoms with Gasteiger partial charge in [-0.15, -0.1) is 0 Å². The van der Waals surface area contributed by atoms with Gasteiger partial charge < -0.3 is 20.1 Å². The number of aromatic nitrogens is 2. The molecule has 0 amide bonds. The molecule has 0 saturated carbocycles. The van der Waals surface area contributed by atoms with Crippen molar-refractivity contribution in [2.75, 3.05) is 44.4 Å². The van der Waals surface area contributed by atoms with E-state index in [1.165, 1.54) is 12.8 Å². The van der Waals surface area contributed by atoms with Gasteiger partial charge >= 0.3 is 0 Å². The molecule has 7 nitrogen and oxygen atoms in total. The zero-order valence-corrected chi connectivity index (χ0v) is 14.2. The molecular weight excluding hydrogens is 325 g/mol. The molecule has 4 heterocycles. The van der Waals surface area contributed by atoms with Crippen molar-refractivity contribution < 1.29 is 13.9 Å². The second kappa shape index (κ2) is 7.23. The first-order valence-electron chi connectivity index (χ1n) is 8.81. The lowest BCUT2D eigenvalue weighted by Gasteiger charge is -2.47. The number of ether oxygens (including phenoxy) is 2. The second-order valence-electron chi connectivity index (χ2n) is 6.91. The molecule has 3 saturated heterocycles. The predicted octanol–water partition coefficient (Wildman–Crippen LogP) is 0.719. The Kier molecular flexibility index (Phi) is 4.82. The standard InChI is InChI=1S/C17H24FN5O2/c18-3-12(4-19)9-25-16-5-20-17(21-6-16)22-7-13-1-2-14(8-22)23(13)15-10-24-11-15/h3,5-6,13-15H,1-2,4,7-11,19H2/b12-3+. The Balaban J connectivity index is 1.37. The normalized spacial score (nSPS) is 27.4. The van der Waals surface area contributed by atoms with E-state index in [1.54, 1.807) is 12.4 Å². The molecule has 25 heavy (non-hydrogen) atoms. The third kappa shape index (κ3) is 3.33. The molecule has 2 bridgehead atoms. The summed E-state index contributed by atoms with van der Waals surface area (Å²) in [4.78, 5) is 13.8. The summed E-state index contributed by atoms with van der Waals surface area (Å²) >= 11 is 0. The van der Waals surface area contributed by atoms with Gasteiger partial charge in [-0.05, 0) is 12.8 Å². The summed E-state index contributed by atoms with van der Waals surface area (Å²) in [5.74, 6) is 1.25. The first kappa shape index (κ1) is 16.7. The quantitative estimate of drug-likeness (QED) is 0.811. The van der Waals surface area contributed by atoms with Crippen LogP contribution in [-0.2, 0) is 4.74 Å². The van der Waals surface area contributed by atoms with Crippen molar-refractivity contribution in [2.45, 2.75) is 31.0 Å². The lowest BCUT2D eigenvalue weighted by Crippen LogP contribution is -2.62. The molecule has 3 fully saturated rings. The molecule has 3 aliphatic rings. The van der Waals surface area contributed by atoms with Gasteiger partial charge in [0.05, 0.1) is 38.0 Å². The van der Waals surface area contributed by atoms with Crippen molar-refractivity contribution in [1.29, 1.82) is 0 Å². The summed E-state index contributed by atoms with van der Waals surface area (Å²) in [7, 11) is 0. The van der Waals surface area contributed by atoms with E-state index in [9.17, 15) is 4.39 Å². The van der Waals surface area contributed by atoms with Crippen LogP contribution in [0.4, 0.5) is 10.3 Å². The minimum absolute atomic E-state index is 0.113. The first-order valence-corrected chi connectivity index (χ1v) is 8.81. The Labute approximate surface area is 146 Å². The van der Waals surface area contributed by atoms with E-state index >= 15 is 0 Å². The van der Waals surface area contributed by atoms with Gasteiger partial charge in [0.25, 0.3) is 0 Å². The predicted molar refractivity (Wildman–Crippen MR) is 91.2 cm³/mol. The van der Waals surface area contributed by atoms with Crippen LogP contribution >= 0.6 is 0 Å². The van der Waals surface area contributed by atoms with Crippen LogP contribution in [0.15, 0.2) is 24.3 Å². The molecule has 4 rings (SSSR count). The Morgan fingerprint density at radius 3 is 2.44 bits per heavy atom. The van der Waals surface area contributed by atoms with Gasteiger partial charge in [-0.25, -0.2) is 14.4 Å². The fourth-order valence-electron chi connectivity index (χ4n) is 3.95. The van der Waals surface area contributed by atoms with Crippen molar-refractivity contribution in [2.24, 2.45) is 5.73 Å². The largest absolute Gasteiger partial charge is 0.486 e. The number of nitrogens with two attached hydrogens (primary N) is 1. The minimum atomic E-state index is 0.113. The van der Waals surface area contributed by atoms with E-state index in [-0.39, 0.29) is 13.2 Å². The number of hydrogen-bond acceptors (Lipinski definition) is 7. The number of hydrogen-bond donors (Lipinski definition) is 1. The highest BCUT2D eigenvalue weighted by molar-refractivity contribution is 5.34. The molecule has 2 unspecified atom stereocenters. The highest BCUT2D eigenvalue weighted by atomic mass is 19.1. The molecule has 0 radical (unpaired) electrons. The number of halogens is 1. The summed E-state index contributed by atoms with van der Waals surface area (Å²) in [6, 6.07) is 1.72. The second-order valence-corrected chi connectivity index (χ2v) is 6.91. The van der Waals surface area contributed by atoms with Crippen molar-refractivity contribution in [3.63, 3.8) is 0 Å². The molecule has 0 spiro atoms. The van der Waals surface area contributed by atoms with Crippen LogP contribution in [0.25, 0.3) is 0 Å². The molecular formula is C17H24FN5O2. The molecule has 1 aromatic heterocycles. The SMILES string of the molecule is NC/C(=C\F)COc1cnc(N2CC3CCC(C2)N3C2COC2)nc1. The maximum Gasteiger partial charge on any atom is 0.225 e. The molecule has 3 aliphatic heterocycles. The minimum Gasteiger partial charge on any atom is -0.486 e. The summed E-state index contributed by atoms with van der Waals surface area (Å²) in [5.41, 5.74) is 5.81. The molecule has 2 N–H and O–H groups in total. The van der Waals surface area contributed by atoms with Gasteiger partial charge in [0.1, 0.15) is 6.61 Å². The van der Waals surface area contributed by atoms with E-state index in [0.717, 1.165) is 32.3 Å². The first-order chi connectivity index (χ1) is 12.3. The van der Waals surface area contributed by atoms with Gasteiger partial charge in [-0.2, -0.15) is 0 Å². The average Bonchev–Trinajstić information content (AvgIpc) is 2.84. The Bertz CT molecular complexity index is 608. The van der Waals surface area contributed by atoms with Gasteiger partial charge in [0.15, 0.2) is 5.75 Å². The Morgan fingerprint density at radius 1 is 1.24 bits per heavy atom. The smallest absolute Gasteiger partial charge is 0.225 e. The third-order valence-corrected chi connectivity index (χ3v) is 5.32. The van der Waals surface area contributed by atoms with Gasteiger partial charge in [-0.1, -0.05) is 0 Å². The fraction of sp³-hybridized carbons (Fsp3) is 0.647. The number of rotatable bonds is 6. The summed E-state index contributed by atoms with van der Waals surface area (Å²) in [6.07, 6.45) is 6.23. The molecule has 0 aromatic carbocycles. The molecule has 136 valence electrons. The van der Waals surface area contributed by atoms with Crippen LogP contribution in [0, 0.1) is 0 Å². The maximum absolute atomic E-state index is 12.5. The number of anilines is 1. The number of nitrogens with zero attached hydrogens (tertiary/aromatic N) is 4.